The molecule has 0 saturated heterocycles. The molecule has 5 heteroatoms. The second-order valence-electron chi connectivity index (χ2n) is 3.30. The summed E-state index contributed by atoms with van der Waals surface area (Å²) in [4.78, 5) is 0. The van der Waals surface area contributed by atoms with E-state index in [2.05, 4.69) is 22.2 Å². The van der Waals surface area contributed by atoms with Gasteiger partial charge in [0.1, 0.15) is 0 Å². The van der Waals surface area contributed by atoms with Crippen LogP contribution in [-0.4, -0.2) is 33.3 Å². The fourth-order valence-corrected chi connectivity index (χ4v) is 1.18. The van der Waals surface area contributed by atoms with E-state index in [-0.39, 0.29) is 6.61 Å². The van der Waals surface area contributed by atoms with E-state index in [1.807, 2.05) is 12.3 Å². The molecule has 1 heterocycles. The second-order valence-corrected chi connectivity index (χ2v) is 3.30. The molecule has 84 valence electrons. The molecule has 0 fully saturated rings. The molecule has 0 aliphatic heterocycles. The molecule has 0 aromatic carbocycles. The molecule has 1 aromatic heterocycles. The summed E-state index contributed by atoms with van der Waals surface area (Å²) >= 11 is 0. The topological polar surface area (TPSA) is 63.0 Å². The average molecular weight is 210 g/mol. The summed E-state index contributed by atoms with van der Waals surface area (Å²) in [5.41, 5.74) is 0.928. The largest absolute Gasteiger partial charge is 0.396 e. The van der Waals surface area contributed by atoms with Gasteiger partial charge in [0.2, 0.25) is 0 Å². The van der Waals surface area contributed by atoms with E-state index >= 15 is 0 Å². The zero-order chi connectivity index (χ0) is 10.9. The van der Waals surface area contributed by atoms with E-state index in [1.54, 1.807) is 4.68 Å². The molecule has 0 aliphatic rings. The Kier molecular flexibility index (Phi) is 5.65. The Morgan fingerprint density at radius 2 is 2.47 bits per heavy atom. The second kappa shape index (κ2) is 7.14. The van der Waals surface area contributed by atoms with Gasteiger partial charge in [-0.25, -0.2) is 0 Å². The van der Waals surface area contributed by atoms with E-state index in [1.165, 1.54) is 0 Å². The Hall–Kier alpha value is -1.20. The maximum absolute atomic E-state index is 8.65. The third kappa shape index (κ3) is 4.71. The lowest BCUT2D eigenvalue weighted by atomic mass is 10.4. The zero-order valence-electron chi connectivity index (χ0n) is 8.89. The van der Waals surface area contributed by atoms with Crippen molar-refractivity contribution in [3.8, 4) is 0 Å². The fourth-order valence-electron chi connectivity index (χ4n) is 1.18. The van der Waals surface area contributed by atoms with E-state index in [9.17, 15) is 0 Å². The maximum Gasteiger partial charge on any atom is 0.0964 e. The Morgan fingerprint density at radius 1 is 1.60 bits per heavy atom. The summed E-state index contributed by atoms with van der Waals surface area (Å²) in [6.07, 6.45) is 5.45. The minimum absolute atomic E-state index is 0.187. The van der Waals surface area contributed by atoms with Gasteiger partial charge in [-0.3, -0.25) is 4.68 Å². The van der Waals surface area contributed by atoms with Crippen LogP contribution < -0.4 is 5.32 Å². The van der Waals surface area contributed by atoms with Gasteiger partial charge in [-0.1, -0.05) is 11.3 Å². The molecule has 0 spiro atoms. The third-order valence-electron chi connectivity index (χ3n) is 1.96. The highest BCUT2D eigenvalue weighted by Gasteiger charge is 1.99. The minimum atomic E-state index is 0.187. The summed E-state index contributed by atoms with van der Waals surface area (Å²) in [5, 5.41) is 19.8. The number of hydrogen-bond donors (Lipinski definition) is 2. The van der Waals surface area contributed by atoms with E-state index in [0.717, 1.165) is 31.7 Å². The Morgan fingerprint density at radius 3 is 3.20 bits per heavy atom. The van der Waals surface area contributed by atoms with Crippen molar-refractivity contribution in [2.24, 2.45) is 0 Å². The van der Waals surface area contributed by atoms with E-state index in [0.29, 0.717) is 6.42 Å². The van der Waals surface area contributed by atoms with E-state index in [4.69, 9.17) is 5.11 Å². The third-order valence-corrected chi connectivity index (χ3v) is 1.96. The fraction of sp³-hybridized carbons (Fsp3) is 0.600. The average Bonchev–Trinajstić information content (AvgIpc) is 2.69. The van der Waals surface area contributed by atoms with Gasteiger partial charge in [0.15, 0.2) is 0 Å². The summed E-state index contributed by atoms with van der Waals surface area (Å²) in [6.45, 7) is 6.19. The maximum atomic E-state index is 8.65. The van der Waals surface area contributed by atoms with Crippen LogP contribution in [0.5, 0.6) is 0 Å². The molecule has 0 amide bonds. The van der Waals surface area contributed by atoms with Crippen LogP contribution in [0.2, 0.25) is 0 Å². The Balaban J connectivity index is 2.23. The molecule has 0 radical (unpaired) electrons. The molecule has 1 aromatic rings. The number of aliphatic hydroxyl groups is 1. The zero-order valence-corrected chi connectivity index (χ0v) is 8.89. The van der Waals surface area contributed by atoms with Gasteiger partial charge in [0.05, 0.1) is 5.69 Å². The van der Waals surface area contributed by atoms with Crippen molar-refractivity contribution in [1.29, 1.82) is 0 Å². The summed E-state index contributed by atoms with van der Waals surface area (Å²) in [7, 11) is 0. The number of hydrogen-bond acceptors (Lipinski definition) is 4. The molecule has 1 rings (SSSR count). The van der Waals surface area contributed by atoms with Gasteiger partial charge >= 0.3 is 0 Å². The lowest BCUT2D eigenvalue weighted by Gasteiger charge is -1.98. The molecule has 15 heavy (non-hydrogen) atoms. The van der Waals surface area contributed by atoms with Crippen LogP contribution in [0.4, 0.5) is 0 Å². The van der Waals surface area contributed by atoms with Crippen LogP contribution in [0.15, 0.2) is 18.9 Å². The first-order valence-electron chi connectivity index (χ1n) is 5.18. The summed E-state index contributed by atoms with van der Waals surface area (Å²) in [5.74, 6) is 0. The van der Waals surface area contributed by atoms with Crippen LogP contribution >= 0.6 is 0 Å². The predicted molar refractivity (Wildman–Crippen MR) is 58.2 cm³/mol. The molecule has 0 aliphatic carbocycles. The van der Waals surface area contributed by atoms with Crippen LogP contribution in [0.1, 0.15) is 18.5 Å². The predicted octanol–water partition coefficient (Wildman–Crippen LogP) is 0.326. The van der Waals surface area contributed by atoms with Crippen molar-refractivity contribution in [1.82, 2.24) is 20.3 Å². The van der Waals surface area contributed by atoms with Crippen LogP contribution in [0.3, 0.4) is 0 Å². The summed E-state index contributed by atoms with van der Waals surface area (Å²) in [6, 6.07) is 0. The molecular formula is C10H18N4O. The number of aliphatic hydroxyl groups excluding tert-OH is 1. The SMILES string of the molecule is C=CCCNCc1cn(CCCO)nn1. The monoisotopic (exact) mass is 210 g/mol. The van der Waals surface area contributed by atoms with Crippen molar-refractivity contribution < 1.29 is 5.11 Å². The highest BCUT2D eigenvalue weighted by atomic mass is 16.3. The first-order chi connectivity index (χ1) is 7.36. The number of rotatable bonds is 8. The first-order valence-corrected chi connectivity index (χ1v) is 5.18. The Bertz CT molecular complexity index is 285. The van der Waals surface area contributed by atoms with Gasteiger partial charge < -0.3 is 10.4 Å². The normalized spacial score (nSPS) is 10.5. The quantitative estimate of drug-likeness (QED) is 0.479. The Labute approximate surface area is 89.8 Å². The van der Waals surface area contributed by atoms with Gasteiger partial charge in [0, 0.05) is 25.9 Å². The smallest absolute Gasteiger partial charge is 0.0964 e. The van der Waals surface area contributed by atoms with Crippen molar-refractivity contribution >= 4 is 0 Å². The van der Waals surface area contributed by atoms with Crippen LogP contribution in [0.25, 0.3) is 0 Å². The molecule has 2 N–H and O–H groups in total. The number of aryl methyl sites for hydroxylation is 1. The minimum Gasteiger partial charge on any atom is -0.396 e. The number of nitrogens with one attached hydrogen (secondary N) is 1. The van der Waals surface area contributed by atoms with Crippen LogP contribution in [0, 0.1) is 0 Å². The highest BCUT2D eigenvalue weighted by Crippen LogP contribution is 1.94. The highest BCUT2D eigenvalue weighted by molar-refractivity contribution is 4.91. The molecular weight excluding hydrogens is 192 g/mol. The lowest BCUT2D eigenvalue weighted by Crippen LogP contribution is -2.14. The first kappa shape index (κ1) is 11.9. The van der Waals surface area contributed by atoms with Gasteiger partial charge in [0.25, 0.3) is 0 Å². The van der Waals surface area contributed by atoms with Crippen molar-refractivity contribution in [3.05, 3.63) is 24.5 Å². The van der Waals surface area contributed by atoms with Crippen molar-refractivity contribution in [2.75, 3.05) is 13.2 Å². The standard InChI is InChI=1S/C10H18N4O/c1-2-3-5-11-8-10-9-14(13-12-10)6-4-7-15/h2,9,11,15H,1,3-8H2. The van der Waals surface area contributed by atoms with Gasteiger partial charge in [-0.15, -0.1) is 11.7 Å². The molecule has 5 nitrogen and oxygen atoms in total. The van der Waals surface area contributed by atoms with Gasteiger partial charge in [-0.05, 0) is 19.4 Å². The molecule has 0 bridgehead atoms. The van der Waals surface area contributed by atoms with Crippen molar-refractivity contribution in [3.63, 3.8) is 0 Å². The van der Waals surface area contributed by atoms with Gasteiger partial charge in [-0.2, -0.15) is 0 Å². The van der Waals surface area contributed by atoms with Crippen LogP contribution in [-0.2, 0) is 13.1 Å². The number of nitrogens with zero attached hydrogens (tertiary/aromatic N) is 3. The molecule has 0 atom stereocenters. The van der Waals surface area contributed by atoms with E-state index < -0.39 is 0 Å². The van der Waals surface area contributed by atoms with Crippen molar-refractivity contribution in [2.45, 2.75) is 25.9 Å². The summed E-state index contributed by atoms with van der Waals surface area (Å²) < 4.78 is 1.75. The molecule has 0 unspecified atom stereocenters. The lowest BCUT2D eigenvalue weighted by molar-refractivity contribution is 0.276. The number of aromatic nitrogens is 3. The molecule has 0 saturated carbocycles.